The zero-order chi connectivity index (χ0) is 9.19. The lowest BCUT2D eigenvalue weighted by Crippen LogP contribution is -2.44. The highest BCUT2D eigenvalue weighted by Crippen LogP contribution is 2.13. The largest absolute Gasteiger partial charge is 0.319 e. The van der Waals surface area contributed by atoms with E-state index in [1.807, 2.05) is 6.92 Å². The minimum absolute atomic E-state index is 0.0775. The standard InChI is InChI=1S/C8H12N2OS/c1-3-8(2,9)7(11)6-4-5-12-10-6/h4-5H,3,9H2,1-2H3. The molecule has 1 aromatic rings. The van der Waals surface area contributed by atoms with Gasteiger partial charge in [-0.15, -0.1) is 0 Å². The third kappa shape index (κ3) is 1.70. The number of ketones is 1. The molecule has 1 rings (SSSR count). The van der Waals surface area contributed by atoms with Crippen LogP contribution in [-0.4, -0.2) is 15.7 Å². The molecule has 1 heterocycles. The molecule has 0 saturated carbocycles. The van der Waals surface area contributed by atoms with Gasteiger partial charge in [-0.3, -0.25) is 4.79 Å². The summed E-state index contributed by atoms with van der Waals surface area (Å²) in [5.41, 5.74) is 5.47. The Balaban J connectivity index is 2.86. The number of rotatable bonds is 3. The number of nitrogens with two attached hydrogens (primary N) is 1. The fraction of sp³-hybridized carbons (Fsp3) is 0.500. The van der Waals surface area contributed by atoms with E-state index in [1.165, 1.54) is 11.5 Å². The summed E-state index contributed by atoms with van der Waals surface area (Å²) >= 11 is 1.27. The Hall–Kier alpha value is -0.740. The molecule has 3 nitrogen and oxygen atoms in total. The first-order chi connectivity index (χ1) is 5.58. The van der Waals surface area contributed by atoms with E-state index in [0.29, 0.717) is 12.1 Å². The summed E-state index contributed by atoms with van der Waals surface area (Å²) in [6.07, 6.45) is 0.628. The fourth-order valence-corrected chi connectivity index (χ4v) is 1.29. The van der Waals surface area contributed by atoms with Crippen LogP contribution in [0.5, 0.6) is 0 Å². The smallest absolute Gasteiger partial charge is 0.201 e. The summed E-state index contributed by atoms with van der Waals surface area (Å²) < 4.78 is 3.94. The van der Waals surface area contributed by atoms with Crippen LogP contribution in [0.4, 0.5) is 0 Å². The molecule has 0 aromatic carbocycles. The summed E-state index contributed by atoms with van der Waals surface area (Å²) in [5.74, 6) is -0.0775. The van der Waals surface area contributed by atoms with Crippen LogP contribution in [0.3, 0.4) is 0 Å². The molecule has 0 aliphatic heterocycles. The lowest BCUT2D eigenvalue weighted by molar-refractivity contribution is 0.0894. The highest BCUT2D eigenvalue weighted by Gasteiger charge is 2.28. The van der Waals surface area contributed by atoms with Crippen LogP contribution >= 0.6 is 11.5 Å². The van der Waals surface area contributed by atoms with E-state index in [-0.39, 0.29) is 5.78 Å². The molecule has 0 fully saturated rings. The number of Topliss-reactive ketones (excluding diaryl/α,β-unsaturated/α-hetero) is 1. The van der Waals surface area contributed by atoms with Gasteiger partial charge in [-0.25, -0.2) is 0 Å². The molecule has 0 aliphatic rings. The molecule has 1 atom stereocenters. The van der Waals surface area contributed by atoms with Crippen LogP contribution in [0.15, 0.2) is 11.4 Å². The molecule has 0 bridgehead atoms. The number of carbonyl (C=O) groups is 1. The lowest BCUT2D eigenvalue weighted by atomic mass is 9.93. The molecule has 0 amide bonds. The number of hydrogen-bond donors (Lipinski definition) is 1. The number of nitrogens with zero attached hydrogens (tertiary/aromatic N) is 1. The van der Waals surface area contributed by atoms with Gasteiger partial charge in [0.25, 0.3) is 0 Å². The van der Waals surface area contributed by atoms with E-state index in [2.05, 4.69) is 4.37 Å². The van der Waals surface area contributed by atoms with E-state index < -0.39 is 5.54 Å². The maximum atomic E-state index is 11.6. The minimum Gasteiger partial charge on any atom is -0.319 e. The summed E-state index contributed by atoms with van der Waals surface area (Å²) in [7, 11) is 0. The summed E-state index contributed by atoms with van der Waals surface area (Å²) in [5, 5.41) is 1.78. The van der Waals surface area contributed by atoms with Gasteiger partial charge >= 0.3 is 0 Å². The van der Waals surface area contributed by atoms with Crippen LogP contribution in [0.2, 0.25) is 0 Å². The first-order valence-corrected chi connectivity index (χ1v) is 4.65. The van der Waals surface area contributed by atoms with Crippen LogP contribution in [-0.2, 0) is 0 Å². The Morgan fingerprint density at radius 1 is 1.83 bits per heavy atom. The SMILES string of the molecule is CCC(C)(N)C(=O)c1ccsn1. The fourth-order valence-electron chi connectivity index (χ4n) is 0.783. The Morgan fingerprint density at radius 3 is 2.92 bits per heavy atom. The second kappa shape index (κ2) is 3.33. The van der Waals surface area contributed by atoms with Crippen molar-refractivity contribution in [2.24, 2.45) is 5.73 Å². The van der Waals surface area contributed by atoms with Crippen molar-refractivity contribution in [2.45, 2.75) is 25.8 Å². The van der Waals surface area contributed by atoms with Crippen molar-refractivity contribution in [3.05, 3.63) is 17.1 Å². The Labute approximate surface area is 75.8 Å². The molecular formula is C8H12N2OS. The van der Waals surface area contributed by atoms with Crippen molar-refractivity contribution in [3.63, 3.8) is 0 Å². The molecule has 1 unspecified atom stereocenters. The molecule has 1 aromatic heterocycles. The van der Waals surface area contributed by atoms with E-state index >= 15 is 0 Å². The third-order valence-electron chi connectivity index (χ3n) is 1.92. The van der Waals surface area contributed by atoms with Crippen LogP contribution in [0, 0.1) is 0 Å². The first kappa shape index (κ1) is 9.35. The molecule has 4 heteroatoms. The molecule has 0 radical (unpaired) electrons. The van der Waals surface area contributed by atoms with Gasteiger partial charge in [-0.2, -0.15) is 4.37 Å². The van der Waals surface area contributed by atoms with E-state index in [1.54, 1.807) is 18.4 Å². The molecular weight excluding hydrogens is 172 g/mol. The molecule has 0 spiro atoms. The van der Waals surface area contributed by atoms with Crippen molar-refractivity contribution < 1.29 is 4.79 Å². The Morgan fingerprint density at radius 2 is 2.50 bits per heavy atom. The summed E-state index contributed by atoms with van der Waals surface area (Å²) in [6, 6.07) is 1.70. The predicted octanol–water partition coefficient (Wildman–Crippen LogP) is 1.45. The van der Waals surface area contributed by atoms with Gasteiger partial charge in [0, 0.05) is 5.38 Å². The molecule has 0 saturated heterocycles. The second-order valence-electron chi connectivity index (χ2n) is 2.98. The molecule has 12 heavy (non-hydrogen) atoms. The third-order valence-corrected chi connectivity index (χ3v) is 2.48. The zero-order valence-electron chi connectivity index (χ0n) is 7.20. The van der Waals surface area contributed by atoms with Crippen LogP contribution in [0.25, 0.3) is 0 Å². The Bertz CT molecular complexity index is 267. The average molecular weight is 184 g/mol. The highest BCUT2D eigenvalue weighted by atomic mass is 32.1. The van der Waals surface area contributed by atoms with E-state index in [9.17, 15) is 4.79 Å². The average Bonchev–Trinajstić information content (AvgIpc) is 2.55. The van der Waals surface area contributed by atoms with Gasteiger partial charge in [-0.05, 0) is 30.9 Å². The highest BCUT2D eigenvalue weighted by molar-refractivity contribution is 7.03. The monoisotopic (exact) mass is 184 g/mol. The quantitative estimate of drug-likeness (QED) is 0.723. The van der Waals surface area contributed by atoms with Gasteiger partial charge in [-0.1, -0.05) is 6.92 Å². The molecule has 0 aliphatic carbocycles. The summed E-state index contributed by atoms with van der Waals surface area (Å²) in [4.78, 5) is 11.6. The Kier molecular flexibility index (Phi) is 2.59. The minimum atomic E-state index is -0.770. The summed E-state index contributed by atoms with van der Waals surface area (Å²) in [6.45, 7) is 3.62. The maximum Gasteiger partial charge on any atom is 0.201 e. The molecule has 2 N–H and O–H groups in total. The van der Waals surface area contributed by atoms with Crippen molar-refractivity contribution in [1.29, 1.82) is 0 Å². The predicted molar refractivity (Wildman–Crippen MR) is 49.3 cm³/mol. The topological polar surface area (TPSA) is 56.0 Å². The number of carbonyl (C=O) groups excluding carboxylic acids is 1. The van der Waals surface area contributed by atoms with Crippen molar-refractivity contribution >= 4 is 17.3 Å². The number of aromatic nitrogens is 1. The number of hydrogen-bond acceptors (Lipinski definition) is 4. The van der Waals surface area contributed by atoms with Crippen molar-refractivity contribution in [3.8, 4) is 0 Å². The second-order valence-corrected chi connectivity index (χ2v) is 3.65. The van der Waals surface area contributed by atoms with E-state index in [0.717, 1.165) is 0 Å². The van der Waals surface area contributed by atoms with Crippen LogP contribution in [0.1, 0.15) is 30.8 Å². The lowest BCUT2D eigenvalue weighted by Gasteiger charge is -2.18. The normalized spacial score (nSPS) is 15.6. The molecule has 66 valence electrons. The maximum absolute atomic E-state index is 11.6. The van der Waals surface area contributed by atoms with E-state index in [4.69, 9.17) is 5.73 Å². The van der Waals surface area contributed by atoms with Gasteiger partial charge in [0.15, 0.2) is 0 Å². The van der Waals surface area contributed by atoms with Gasteiger partial charge in [0.05, 0.1) is 5.54 Å². The first-order valence-electron chi connectivity index (χ1n) is 3.82. The van der Waals surface area contributed by atoms with Gasteiger partial charge < -0.3 is 5.73 Å². The van der Waals surface area contributed by atoms with Crippen LogP contribution < -0.4 is 5.73 Å². The zero-order valence-corrected chi connectivity index (χ0v) is 8.02. The van der Waals surface area contributed by atoms with Gasteiger partial charge in [0.2, 0.25) is 5.78 Å². The van der Waals surface area contributed by atoms with Crippen molar-refractivity contribution in [2.75, 3.05) is 0 Å². The van der Waals surface area contributed by atoms with Crippen molar-refractivity contribution in [1.82, 2.24) is 4.37 Å². The van der Waals surface area contributed by atoms with Gasteiger partial charge in [0.1, 0.15) is 5.69 Å².